The molecule has 1 aromatic carbocycles. The Morgan fingerprint density at radius 3 is 2.53 bits per heavy atom. The van der Waals surface area contributed by atoms with E-state index in [0.717, 1.165) is 0 Å². The van der Waals surface area contributed by atoms with Gasteiger partial charge in [-0.2, -0.15) is 0 Å². The van der Waals surface area contributed by atoms with Gasteiger partial charge in [-0.1, -0.05) is 23.2 Å². The number of nitrogens with one attached hydrogen (secondary N) is 1. The normalized spacial score (nSPS) is 10.5. The van der Waals surface area contributed by atoms with Crippen LogP contribution >= 0.6 is 23.2 Å². The maximum absolute atomic E-state index is 11.4. The molecule has 0 amide bonds. The van der Waals surface area contributed by atoms with Crippen molar-refractivity contribution in [3.8, 4) is 5.69 Å². The topological polar surface area (TPSA) is 63.8 Å². The van der Waals surface area contributed by atoms with E-state index in [1.54, 1.807) is 18.2 Å². The third kappa shape index (κ3) is 1.86. The van der Waals surface area contributed by atoms with Crippen molar-refractivity contribution in [1.29, 1.82) is 0 Å². The molecule has 0 spiro atoms. The Balaban J connectivity index is 2.64. The molecule has 1 aromatic heterocycles. The van der Waals surface area contributed by atoms with Crippen LogP contribution in [0.2, 0.25) is 10.0 Å². The summed E-state index contributed by atoms with van der Waals surface area (Å²) < 4.78 is 1.26. The van der Waals surface area contributed by atoms with Crippen molar-refractivity contribution in [1.82, 2.24) is 9.78 Å². The number of aromatic nitrogens is 2. The van der Waals surface area contributed by atoms with E-state index in [0.29, 0.717) is 15.7 Å². The molecule has 0 aliphatic heterocycles. The van der Waals surface area contributed by atoms with Crippen LogP contribution in [0.1, 0.15) is 0 Å². The van der Waals surface area contributed by atoms with Crippen molar-refractivity contribution in [2.24, 2.45) is 0 Å². The van der Waals surface area contributed by atoms with Gasteiger partial charge in [-0.3, -0.25) is 9.89 Å². The van der Waals surface area contributed by atoms with Gasteiger partial charge in [0.2, 0.25) is 0 Å². The van der Waals surface area contributed by atoms with E-state index in [-0.39, 0.29) is 11.4 Å². The van der Waals surface area contributed by atoms with E-state index in [9.17, 15) is 4.79 Å². The quantitative estimate of drug-likeness (QED) is 0.806. The number of aromatic amines is 1. The lowest BCUT2D eigenvalue weighted by atomic mass is 10.3. The maximum atomic E-state index is 11.4. The first kappa shape index (κ1) is 10.1. The van der Waals surface area contributed by atoms with Gasteiger partial charge in [0.1, 0.15) is 5.82 Å². The number of hydrogen-bond acceptors (Lipinski definition) is 2. The fourth-order valence-electron chi connectivity index (χ4n) is 1.26. The van der Waals surface area contributed by atoms with E-state index in [4.69, 9.17) is 28.9 Å². The van der Waals surface area contributed by atoms with Gasteiger partial charge in [-0.15, -0.1) is 0 Å². The van der Waals surface area contributed by atoms with Gasteiger partial charge in [0.25, 0.3) is 5.56 Å². The molecule has 0 unspecified atom stereocenters. The Hall–Kier alpha value is -1.39. The van der Waals surface area contributed by atoms with Crippen LogP contribution in [0.25, 0.3) is 5.69 Å². The second kappa shape index (κ2) is 3.64. The van der Waals surface area contributed by atoms with E-state index >= 15 is 0 Å². The molecule has 0 saturated heterocycles. The van der Waals surface area contributed by atoms with E-state index in [1.165, 1.54) is 10.7 Å². The predicted octanol–water partition coefficient (Wildman–Crippen LogP) is 2.05. The lowest BCUT2D eigenvalue weighted by molar-refractivity contribution is 0.854. The van der Waals surface area contributed by atoms with Gasteiger partial charge in [0.05, 0.1) is 10.7 Å². The summed E-state index contributed by atoms with van der Waals surface area (Å²) in [5.74, 6) is 0.283. The number of rotatable bonds is 1. The first-order chi connectivity index (χ1) is 7.08. The minimum Gasteiger partial charge on any atom is -0.384 e. The van der Waals surface area contributed by atoms with E-state index < -0.39 is 0 Å². The first-order valence-electron chi connectivity index (χ1n) is 4.11. The Morgan fingerprint density at radius 1 is 1.27 bits per heavy atom. The number of anilines is 1. The van der Waals surface area contributed by atoms with Crippen molar-refractivity contribution in [2.45, 2.75) is 0 Å². The van der Waals surface area contributed by atoms with Crippen LogP contribution in [0, 0.1) is 0 Å². The SMILES string of the molecule is Nc1cc(=O)n(-c2ccc(Cl)cc2Cl)[nH]1. The summed E-state index contributed by atoms with van der Waals surface area (Å²) in [4.78, 5) is 11.4. The summed E-state index contributed by atoms with van der Waals surface area (Å²) in [5, 5.41) is 3.57. The van der Waals surface area contributed by atoms with Crippen LogP contribution < -0.4 is 11.3 Å². The molecule has 1 heterocycles. The summed E-state index contributed by atoms with van der Waals surface area (Å²) in [7, 11) is 0. The van der Waals surface area contributed by atoms with Gasteiger partial charge in [0.15, 0.2) is 0 Å². The number of nitrogens with two attached hydrogens (primary N) is 1. The van der Waals surface area contributed by atoms with Crippen LogP contribution in [-0.4, -0.2) is 9.78 Å². The molecule has 4 nitrogen and oxygen atoms in total. The maximum Gasteiger partial charge on any atom is 0.273 e. The molecule has 0 aliphatic rings. The van der Waals surface area contributed by atoms with E-state index in [1.807, 2.05) is 0 Å². The number of nitrogen functional groups attached to an aromatic ring is 1. The third-order valence-electron chi connectivity index (χ3n) is 1.89. The second-order valence-electron chi connectivity index (χ2n) is 2.98. The summed E-state index contributed by atoms with van der Waals surface area (Å²) in [6, 6.07) is 6.13. The van der Waals surface area contributed by atoms with Crippen LogP contribution in [0.3, 0.4) is 0 Å². The van der Waals surface area contributed by atoms with Crippen molar-refractivity contribution in [3.63, 3.8) is 0 Å². The van der Waals surface area contributed by atoms with Gasteiger partial charge < -0.3 is 5.73 Å². The summed E-state index contributed by atoms with van der Waals surface area (Å²) >= 11 is 11.7. The monoisotopic (exact) mass is 243 g/mol. The molecular weight excluding hydrogens is 237 g/mol. The van der Waals surface area contributed by atoms with Crippen molar-refractivity contribution in [2.75, 3.05) is 5.73 Å². The number of hydrogen-bond donors (Lipinski definition) is 2. The Morgan fingerprint density at radius 2 is 2.00 bits per heavy atom. The Labute approximate surface area is 95.2 Å². The molecule has 0 bridgehead atoms. The molecule has 0 fully saturated rings. The highest BCUT2D eigenvalue weighted by Gasteiger charge is 2.07. The van der Waals surface area contributed by atoms with Crippen molar-refractivity contribution >= 4 is 29.0 Å². The number of H-pyrrole nitrogens is 1. The first-order valence-corrected chi connectivity index (χ1v) is 4.86. The van der Waals surface area contributed by atoms with Crippen LogP contribution in [-0.2, 0) is 0 Å². The van der Waals surface area contributed by atoms with Crippen LogP contribution in [0.5, 0.6) is 0 Å². The Bertz CT molecular complexity index is 559. The second-order valence-corrected chi connectivity index (χ2v) is 3.82. The molecule has 0 radical (unpaired) electrons. The van der Waals surface area contributed by atoms with Gasteiger partial charge in [-0.05, 0) is 18.2 Å². The minimum absolute atomic E-state index is 0.267. The van der Waals surface area contributed by atoms with Crippen molar-refractivity contribution < 1.29 is 0 Å². The van der Waals surface area contributed by atoms with Crippen LogP contribution in [0.4, 0.5) is 5.82 Å². The molecule has 0 aliphatic carbocycles. The molecular formula is C9H7Cl2N3O. The number of nitrogens with zero attached hydrogens (tertiary/aromatic N) is 1. The smallest absolute Gasteiger partial charge is 0.273 e. The highest BCUT2D eigenvalue weighted by atomic mass is 35.5. The highest BCUT2D eigenvalue weighted by molar-refractivity contribution is 6.35. The van der Waals surface area contributed by atoms with Crippen LogP contribution in [0.15, 0.2) is 29.1 Å². The summed E-state index contributed by atoms with van der Waals surface area (Å²) in [5.41, 5.74) is 5.70. The lowest BCUT2D eigenvalue weighted by Crippen LogP contribution is -2.13. The molecule has 2 aromatic rings. The summed E-state index contributed by atoms with van der Waals surface area (Å²) in [6.45, 7) is 0. The zero-order valence-corrected chi connectivity index (χ0v) is 9.01. The predicted molar refractivity (Wildman–Crippen MR) is 60.8 cm³/mol. The van der Waals surface area contributed by atoms with E-state index in [2.05, 4.69) is 5.10 Å². The van der Waals surface area contributed by atoms with Gasteiger partial charge >= 0.3 is 0 Å². The molecule has 3 N–H and O–H groups in total. The third-order valence-corrected chi connectivity index (χ3v) is 2.43. The highest BCUT2D eigenvalue weighted by Crippen LogP contribution is 2.22. The fraction of sp³-hybridized carbons (Fsp3) is 0. The minimum atomic E-state index is -0.267. The average Bonchev–Trinajstić information content (AvgIpc) is 2.45. The molecule has 0 saturated carbocycles. The molecule has 15 heavy (non-hydrogen) atoms. The van der Waals surface area contributed by atoms with Crippen molar-refractivity contribution in [3.05, 3.63) is 44.7 Å². The Kier molecular flexibility index (Phi) is 2.46. The standard InChI is InChI=1S/C9H7Cl2N3O/c10-5-1-2-7(6(11)3-5)14-9(15)4-8(12)13-14/h1-4,13H,12H2. The zero-order valence-electron chi connectivity index (χ0n) is 7.50. The number of benzene rings is 1. The largest absolute Gasteiger partial charge is 0.384 e. The average molecular weight is 244 g/mol. The van der Waals surface area contributed by atoms with Gasteiger partial charge in [-0.25, -0.2) is 4.68 Å². The zero-order chi connectivity index (χ0) is 11.0. The summed E-state index contributed by atoms with van der Waals surface area (Å²) in [6.07, 6.45) is 0. The fourth-order valence-corrected chi connectivity index (χ4v) is 1.75. The van der Waals surface area contributed by atoms with Gasteiger partial charge in [0, 0.05) is 11.1 Å². The lowest BCUT2D eigenvalue weighted by Gasteiger charge is -2.04. The number of halogens is 2. The molecule has 6 heteroatoms. The molecule has 0 atom stereocenters. The molecule has 2 rings (SSSR count). The molecule has 78 valence electrons.